The lowest BCUT2D eigenvalue weighted by Crippen LogP contribution is -2.22. The SMILES string of the molecule is C=Cc1ccc(F)cc1/C(=C/C(=C)NCC(C)O)OCC1=CC=C(C(C)(F)F)CC1. The minimum absolute atomic E-state index is 0.0943. The molecule has 1 aromatic carbocycles. The van der Waals surface area contributed by atoms with Gasteiger partial charge in [-0.15, -0.1) is 0 Å². The average Bonchev–Trinajstić information content (AvgIpc) is 2.69. The number of halogens is 3. The summed E-state index contributed by atoms with van der Waals surface area (Å²) in [6.07, 6.45) is 6.45. The van der Waals surface area contributed by atoms with Gasteiger partial charge in [0.1, 0.15) is 18.2 Å². The molecule has 6 heteroatoms. The second-order valence-corrected chi connectivity index (χ2v) is 7.39. The fourth-order valence-corrected chi connectivity index (χ4v) is 2.94. The third-order valence-corrected chi connectivity index (χ3v) is 4.64. The Hall–Kier alpha value is -2.73. The van der Waals surface area contributed by atoms with Crippen LogP contribution in [-0.2, 0) is 4.74 Å². The quantitative estimate of drug-likeness (QED) is 0.382. The van der Waals surface area contributed by atoms with Gasteiger partial charge in [-0.2, -0.15) is 0 Å². The van der Waals surface area contributed by atoms with Gasteiger partial charge in [-0.1, -0.05) is 37.5 Å². The van der Waals surface area contributed by atoms with Gasteiger partial charge in [0.2, 0.25) is 0 Å². The molecule has 0 bridgehead atoms. The van der Waals surface area contributed by atoms with Crippen LogP contribution in [0.3, 0.4) is 0 Å². The van der Waals surface area contributed by atoms with Crippen LogP contribution in [0.25, 0.3) is 11.8 Å². The van der Waals surface area contributed by atoms with Crippen molar-refractivity contribution in [2.45, 2.75) is 38.7 Å². The molecule has 2 rings (SSSR count). The molecule has 0 amide bonds. The molecule has 0 radical (unpaired) electrons. The first-order chi connectivity index (χ1) is 14.1. The summed E-state index contributed by atoms with van der Waals surface area (Å²) in [5, 5.41) is 12.4. The van der Waals surface area contributed by atoms with Crippen molar-refractivity contribution in [3.63, 3.8) is 0 Å². The normalized spacial score (nSPS) is 15.7. The van der Waals surface area contributed by atoms with Crippen molar-refractivity contribution in [3.05, 3.63) is 83.4 Å². The fraction of sp³-hybridized carbons (Fsp3) is 0.333. The van der Waals surface area contributed by atoms with Gasteiger partial charge in [0.15, 0.2) is 0 Å². The predicted octanol–water partition coefficient (Wildman–Crippen LogP) is 5.61. The Kier molecular flexibility index (Phi) is 8.12. The van der Waals surface area contributed by atoms with Gasteiger partial charge in [-0.25, -0.2) is 13.2 Å². The van der Waals surface area contributed by atoms with Gasteiger partial charge in [0, 0.05) is 30.8 Å². The first-order valence-electron chi connectivity index (χ1n) is 9.74. The van der Waals surface area contributed by atoms with Crippen LogP contribution < -0.4 is 5.32 Å². The van der Waals surface area contributed by atoms with Crippen LogP contribution in [0, 0.1) is 5.82 Å². The standard InChI is InChI=1S/C24H28F3NO2/c1-5-19-8-11-21(25)13-22(19)23(12-16(2)28-14-17(3)29)30-15-18-6-9-20(10-7-18)24(4,26)27/h5-6,8-9,11-13,17,28-29H,1-2,7,10,14-15H2,3-4H3/b23-12-. The van der Waals surface area contributed by atoms with E-state index in [4.69, 9.17) is 4.74 Å². The molecule has 1 aromatic rings. The molecule has 0 saturated heterocycles. The van der Waals surface area contributed by atoms with Crippen LogP contribution in [0.15, 0.2) is 66.4 Å². The van der Waals surface area contributed by atoms with E-state index in [1.807, 2.05) is 0 Å². The van der Waals surface area contributed by atoms with E-state index >= 15 is 0 Å². The molecule has 0 aliphatic heterocycles. The highest BCUT2D eigenvalue weighted by molar-refractivity contribution is 5.71. The number of aliphatic hydroxyl groups is 1. The summed E-state index contributed by atoms with van der Waals surface area (Å²) in [6.45, 7) is 10.6. The van der Waals surface area contributed by atoms with Crippen LogP contribution in [0.5, 0.6) is 0 Å². The number of alkyl halides is 2. The summed E-state index contributed by atoms with van der Waals surface area (Å²) in [5.41, 5.74) is 2.61. The molecule has 1 aliphatic carbocycles. The summed E-state index contributed by atoms with van der Waals surface area (Å²) in [5.74, 6) is -2.90. The maximum absolute atomic E-state index is 13.9. The van der Waals surface area contributed by atoms with Crippen LogP contribution in [0.2, 0.25) is 0 Å². The smallest absolute Gasteiger partial charge is 0.266 e. The van der Waals surface area contributed by atoms with Gasteiger partial charge >= 0.3 is 0 Å². The van der Waals surface area contributed by atoms with Gasteiger partial charge in [0.05, 0.1) is 6.10 Å². The minimum atomic E-state index is -2.83. The fourth-order valence-electron chi connectivity index (χ4n) is 2.94. The molecule has 0 saturated carbocycles. The van der Waals surface area contributed by atoms with Crippen LogP contribution in [0.1, 0.15) is 37.8 Å². The molecule has 0 heterocycles. The largest absolute Gasteiger partial charge is 0.489 e. The number of aliphatic hydroxyl groups excluding tert-OH is 1. The number of rotatable bonds is 10. The second kappa shape index (κ2) is 10.3. The molecule has 1 unspecified atom stereocenters. The first-order valence-corrected chi connectivity index (χ1v) is 9.74. The van der Waals surface area contributed by atoms with Crippen molar-refractivity contribution in [2.75, 3.05) is 13.2 Å². The molecular formula is C24H28F3NO2. The molecule has 1 atom stereocenters. The van der Waals surface area contributed by atoms with E-state index < -0.39 is 17.8 Å². The van der Waals surface area contributed by atoms with Gasteiger partial charge < -0.3 is 15.2 Å². The van der Waals surface area contributed by atoms with Gasteiger partial charge in [-0.05, 0) is 48.6 Å². The van der Waals surface area contributed by atoms with Crippen molar-refractivity contribution in [1.29, 1.82) is 0 Å². The van der Waals surface area contributed by atoms with Crippen molar-refractivity contribution >= 4 is 11.8 Å². The zero-order valence-electron chi connectivity index (χ0n) is 17.4. The average molecular weight is 419 g/mol. The Morgan fingerprint density at radius 2 is 2.07 bits per heavy atom. The number of hydrogen-bond donors (Lipinski definition) is 2. The third kappa shape index (κ3) is 6.95. The van der Waals surface area contributed by atoms with E-state index in [1.54, 1.807) is 31.2 Å². The molecular weight excluding hydrogens is 391 g/mol. The first kappa shape index (κ1) is 23.5. The van der Waals surface area contributed by atoms with Crippen molar-refractivity contribution in [2.24, 2.45) is 0 Å². The molecule has 162 valence electrons. The zero-order valence-corrected chi connectivity index (χ0v) is 17.4. The Labute approximate surface area is 176 Å². The molecule has 0 fully saturated rings. The Morgan fingerprint density at radius 1 is 1.33 bits per heavy atom. The number of allylic oxidation sites excluding steroid dienone is 4. The third-order valence-electron chi connectivity index (χ3n) is 4.64. The summed E-state index contributed by atoms with van der Waals surface area (Å²) >= 11 is 0. The Balaban J connectivity index is 2.26. The Morgan fingerprint density at radius 3 is 2.63 bits per heavy atom. The van der Waals surface area contributed by atoms with E-state index in [0.29, 0.717) is 35.5 Å². The minimum Gasteiger partial charge on any atom is -0.489 e. The molecule has 0 spiro atoms. The lowest BCUT2D eigenvalue weighted by molar-refractivity contribution is 0.0592. The topological polar surface area (TPSA) is 41.5 Å². The lowest BCUT2D eigenvalue weighted by atomic mass is 9.95. The summed E-state index contributed by atoms with van der Waals surface area (Å²) in [7, 11) is 0. The van der Waals surface area contributed by atoms with E-state index in [0.717, 1.165) is 12.5 Å². The van der Waals surface area contributed by atoms with Crippen molar-refractivity contribution < 1.29 is 23.0 Å². The van der Waals surface area contributed by atoms with E-state index in [1.165, 1.54) is 18.2 Å². The highest BCUT2D eigenvalue weighted by atomic mass is 19.3. The van der Waals surface area contributed by atoms with Crippen LogP contribution in [0.4, 0.5) is 13.2 Å². The lowest BCUT2D eigenvalue weighted by Gasteiger charge is -2.21. The molecule has 2 N–H and O–H groups in total. The maximum atomic E-state index is 13.9. The van der Waals surface area contributed by atoms with Gasteiger partial charge in [0.25, 0.3) is 5.92 Å². The summed E-state index contributed by atoms with van der Waals surface area (Å²) in [4.78, 5) is 0. The zero-order chi connectivity index (χ0) is 22.3. The Bertz CT molecular complexity index is 877. The number of benzene rings is 1. The van der Waals surface area contributed by atoms with E-state index in [-0.39, 0.29) is 18.6 Å². The highest BCUT2D eigenvalue weighted by Crippen LogP contribution is 2.32. The number of nitrogens with one attached hydrogen (secondary N) is 1. The van der Waals surface area contributed by atoms with E-state index in [2.05, 4.69) is 18.5 Å². The van der Waals surface area contributed by atoms with Crippen molar-refractivity contribution in [1.82, 2.24) is 5.32 Å². The molecule has 3 nitrogen and oxygen atoms in total. The van der Waals surface area contributed by atoms with Crippen molar-refractivity contribution in [3.8, 4) is 0 Å². The maximum Gasteiger partial charge on any atom is 0.266 e. The molecule has 30 heavy (non-hydrogen) atoms. The monoisotopic (exact) mass is 419 g/mol. The molecule has 0 aromatic heterocycles. The highest BCUT2D eigenvalue weighted by Gasteiger charge is 2.28. The summed E-state index contributed by atoms with van der Waals surface area (Å²) in [6, 6.07) is 4.27. The van der Waals surface area contributed by atoms with Crippen LogP contribution >= 0.6 is 0 Å². The van der Waals surface area contributed by atoms with Crippen LogP contribution in [-0.4, -0.2) is 30.3 Å². The number of hydrogen-bond acceptors (Lipinski definition) is 3. The van der Waals surface area contributed by atoms with E-state index in [9.17, 15) is 18.3 Å². The summed E-state index contributed by atoms with van der Waals surface area (Å²) < 4.78 is 46.8. The second-order valence-electron chi connectivity index (χ2n) is 7.39. The number of ether oxygens (including phenoxy) is 1. The molecule has 1 aliphatic rings. The van der Waals surface area contributed by atoms with Gasteiger partial charge in [-0.3, -0.25) is 0 Å². The predicted molar refractivity (Wildman–Crippen MR) is 115 cm³/mol.